The molecule has 7 nitrogen and oxygen atoms in total. The Kier molecular flexibility index (Phi) is 6.37. The van der Waals surface area contributed by atoms with Crippen LogP contribution in [0.2, 0.25) is 0 Å². The van der Waals surface area contributed by atoms with Crippen LogP contribution in [0.1, 0.15) is 57.9 Å². The van der Waals surface area contributed by atoms with Crippen LogP contribution < -0.4 is 0 Å². The highest BCUT2D eigenvalue weighted by Crippen LogP contribution is 2.34. The first kappa shape index (κ1) is 21.2. The van der Waals surface area contributed by atoms with Crippen molar-refractivity contribution in [3.8, 4) is 0 Å². The van der Waals surface area contributed by atoms with Crippen LogP contribution in [0.5, 0.6) is 0 Å². The van der Waals surface area contributed by atoms with Crippen molar-refractivity contribution in [2.75, 3.05) is 39.8 Å². The van der Waals surface area contributed by atoms with Gasteiger partial charge in [-0.1, -0.05) is 19.3 Å². The summed E-state index contributed by atoms with van der Waals surface area (Å²) in [4.78, 5) is 31.6. The van der Waals surface area contributed by atoms with Crippen LogP contribution >= 0.6 is 0 Å². The van der Waals surface area contributed by atoms with E-state index in [2.05, 4.69) is 11.9 Å². The molecule has 0 unspecified atom stereocenters. The predicted octanol–water partition coefficient (Wildman–Crippen LogP) is 3.13. The summed E-state index contributed by atoms with van der Waals surface area (Å²) in [5, 5.41) is 0. The first-order valence-electron chi connectivity index (χ1n) is 11.6. The fourth-order valence-electron chi connectivity index (χ4n) is 5.24. The fraction of sp³-hybridized carbons (Fsp3) is 0.739. The Morgan fingerprint density at radius 3 is 2.53 bits per heavy atom. The van der Waals surface area contributed by atoms with Gasteiger partial charge in [-0.05, 0) is 38.9 Å². The minimum Gasteiger partial charge on any atom is -0.441 e. The van der Waals surface area contributed by atoms with Crippen LogP contribution in [-0.2, 0) is 9.53 Å². The lowest BCUT2D eigenvalue weighted by atomic mass is 9.91. The molecule has 2 aliphatic heterocycles. The van der Waals surface area contributed by atoms with Gasteiger partial charge in [0.2, 0.25) is 5.91 Å². The van der Waals surface area contributed by atoms with Crippen molar-refractivity contribution in [1.29, 1.82) is 0 Å². The van der Waals surface area contributed by atoms with E-state index in [0.29, 0.717) is 25.7 Å². The largest absolute Gasteiger partial charge is 0.441 e. The number of carbonyl (C=O) groups excluding carboxylic acids is 2. The van der Waals surface area contributed by atoms with Crippen molar-refractivity contribution in [1.82, 2.24) is 19.3 Å². The lowest BCUT2D eigenvalue weighted by molar-refractivity contribution is -0.137. The average molecular weight is 417 g/mol. The molecule has 2 amide bonds. The van der Waals surface area contributed by atoms with Crippen molar-refractivity contribution in [2.24, 2.45) is 0 Å². The number of likely N-dealkylation sites (N-methyl/N-ethyl adjacent to an activating group) is 1. The third-order valence-corrected chi connectivity index (χ3v) is 7.38. The molecule has 0 N–H and O–H groups in total. The Morgan fingerprint density at radius 2 is 1.87 bits per heavy atom. The average Bonchev–Trinajstić information content (AvgIpc) is 3.41. The quantitative estimate of drug-likeness (QED) is 0.715. The molecule has 2 saturated heterocycles. The standard InChI is InChI=1S/C23H36N4O3/c1-19(25-12-6-7-13-25)21(28)26-14-10-23(11-15-26)18-27(22(29)30-23)17-16-24(2)20-8-4-3-5-9-20/h6-7,12-13,19-20H,3-5,8-11,14-18H2,1-2H3/t19-/m1/s1. The van der Waals surface area contributed by atoms with Crippen molar-refractivity contribution in [2.45, 2.75) is 69.6 Å². The summed E-state index contributed by atoms with van der Waals surface area (Å²) < 4.78 is 7.80. The first-order valence-corrected chi connectivity index (χ1v) is 11.6. The van der Waals surface area contributed by atoms with Gasteiger partial charge in [-0.3, -0.25) is 4.79 Å². The molecule has 1 saturated carbocycles. The van der Waals surface area contributed by atoms with Gasteiger partial charge in [0, 0.05) is 57.5 Å². The van der Waals surface area contributed by atoms with Gasteiger partial charge >= 0.3 is 6.09 Å². The highest BCUT2D eigenvalue weighted by atomic mass is 16.6. The number of rotatable bonds is 6. The fourth-order valence-corrected chi connectivity index (χ4v) is 5.24. The monoisotopic (exact) mass is 416 g/mol. The maximum absolute atomic E-state index is 12.8. The summed E-state index contributed by atoms with van der Waals surface area (Å²) in [7, 11) is 2.18. The number of amides is 2. The normalized spacial score (nSPS) is 23.2. The van der Waals surface area contributed by atoms with E-state index >= 15 is 0 Å². The smallest absolute Gasteiger partial charge is 0.410 e. The molecule has 0 radical (unpaired) electrons. The van der Waals surface area contributed by atoms with Gasteiger partial charge in [-0.25, -0.2) is 4.79 Å². The van der Waals surface area contributed by atoms with E-state index in [9.17, 15) is 9.59 Å². The van der Waals surface area contributed by atoms with Crippen molar-refractivity contribution in [3.63, 3.8) is 0 Å². The van der Waals surface area contributed by atoms with E-state index in [1.54, 1.807) is 0 Å². The minimum atomic E-state index is -0.423. The third-order valence-electron chi connectivity index (χ3n) is 7.38. The van der Waals surface area contributed by atoms with Crippen LogP contribution in [0.15, 0.2) is 24.5 Å². The number of aromatic nitrogens is 1. The van der Waals surface area contributed by atoms with E-state index in [1.165, 1.54) is 32.1 Å². The molecule has 30 heavy (non-hydrogen) atoms. The molecule has 4 rings (SSSR count). The molecule has 1 aromatic heterocycles. The van der Waals surface area contributed by atoms with E-state index in [0.717, 1.165) is 25.9 Å². The maximum atomic E-state index is 12.8. The molecule has 0 aromatic carbocycles. The van der Waals surface area contributed by atoms with E-state index < -0.39 is 5.60 Å². The summed E-state index contributed by atoms with van der Waals surface area (Å²) in [6.45, 7) is 5.50. The summed E-state index contributed by atoms with van der Waals surface area (Å²) >= 11 is 0. The number of likely N-dealkylation sites (tertiary alicyclic amines) is 1. The molecule has 0 bridgehead atoms. The molecular formula is C23H36N4O3. The number of carbonyl (C=O) groups is 2. The Labute approximate surface area is 179 Å². The van der Waals surface area contributed by atoms with Crippen molar-refractivity contribution >= 4 is 12.0 Å². The molecule has 3 heterocycles. The minimum absolute atomic E-state index is 0.135. The molecule has 1 aromatic rings. The summed E-state index contributed by atoms with van der Waals surface area (Å²) in [5.74, 6) is 0.135. The zero-order valence-electron chi connectivity index (χ0n) is 18.5. The van der Waals surface area contributed by atoms with Crippen LogP contribution in [-0.4, -0.2) is 82.7 Å². The number of hydrogen-bond donors (Lipinski definition) is 0. The topological polar surface area (TPSA) is 58.0 Å². The maximum Gasteiger partial charge on any atom is 0.410 e. The van der Waals surface area contributed by atoms with Gasteiger partial charge in [0.15, 0.2) is 0 Å². The van der Waals surface area contributed by atoms with Crippen LogP contribution in [0.3, 0.4) is 0 Å². The van der Waals surface area contributed by atoms with E-state index in [4.69, 9.17) is 4.74 Å². The third kappa shape index (κ3) is 4.51. The SMILES string of the molecule is C[C@H](C(=O)N1CCC2(CC1)CN(CCN(C)C1CCCCC1)C(=O)O2)n1cccc1. The molecule has 166 valence electrons. The van der Waals surface area contributed by atoms with Crippen molar-refractivity contribution < 1.29 is 14.3 Å². The Morgan fingerprint density at radius 1 is 1.20 bits per heavy atom. The van der Waals surface area contributed by atoms with Crippen LogP contribution in [0.4, 0.5) is 4.79 Å². The molecule has 7 heteroatoms. The molecule has 1 atom stereocenters. The lowest BCUT2D eigenvalue weighted by Crippen LogP contribution is -2.50. The molecule has 3 fully saturated rings. The summed E-state index contributed by atoms with van der Waals surface area (Å²) in [6, 6.07) is 4.33. The van der Waals surface area contributed by atoms with Crippen LogP contribution in [0, 0.1) is 0 Å². The number of ether oxygens (including phenoxy) is 1. The number of nitrogens with zero attached hydrogens (tertiary/aromatic N) is 4. The molecular weight excluding hydrogens is 380 g/mol. The Hall–Kier alpha value is -2.02. The highest BCUT2D eigenvalue weighted by Gasteiger charge is 2.47. The molecule has 1 aliphatic carbocycles. The predicted molar refractivity (Wildman–Crippen MR) is 115 cm³/mol. The molecule has 1 spiro atoms. The van der Waals surface area contributed by atoms with Gasteiger partial charge in [0.05, 0.1) is 6.54 Å². The summed E-state index contributed by atoms with van der Waals surface area (Å²) in [5.41, 5.74) is -0.423. The van der Waals surface area contributed by atoms with Crippen LogP contribution in [0.25, 0.3) is 0 Å². The number of piperidine rings is 1. The second kappa shape index (κ2) is 9.00. The zero-order valence-corrected chi connectivity index (χ0v) is 18.5. The second-order valence-electron chi connectivity index (χ2n) is 9.38. The summed E-state index contributed by atoms with van der Waals surface area (Å²) in [6.07, 6.45) is 11.7. The van der Waals surface area contributed by atoms with E-state index in [1.807, 2.05) is 45.8 Å². The van der Waals surface area contributed by atoms with E-state index in [-0.39, 0.29) is 18.0 Å². The van der Waals surface area contributed by atoms with Gasteiger partial charge in [0.1, 0.15) is 11.6 Å². The van der Waals surface area contributed by atoms with Crippen molar-refractivity contribution in [3.05, 3.63) is 24.5 Å². The Bertz CT molecular complexity index is 721. The zero-order chi connectivity index (χ0) is 21.1. The van der Waals surface area contributed by atoms with Gasteiger partial charge in [0.25, 0.3) is 0 Å². The van der Waals surface area contributed by atoms with Gasteiger partial charge in [-0.2, -0.15) is 0 Å². The molecule has 3 aliphatic rings. The lowest BCUT2D eigenvalue weighted by Gasteiger charge is -2.38. The number of hydrogen-bond acceptors (Lipinski definition) is 4. The van der Waals surface area contributed by atoms with Gasteiger partial charge in [-0.15, -0.1) is 0 Å². The Balaban J connectivity index is 1.26. The van der Waals surface area contributed by atoms with Gasteiger partial charge < -0.3 is 24.0 Å². The second-order valence-corrected chi connectivity index (χ2v) is 9.38. The first-order chi connectivity index (χ1) is 14.5. The highest BCUT2D eigenvalue weighted by molar-refractivity contribution is 5.80.